The molecule has 0 bridgehead atoms. The maximum Gasteiger partial charge on any atom is 0.170 e. The van der Waals surface area contributed by atoms with Crippen molar-refractivity contribution in [3.05, 3.63) is 109 Å². The van der Waals surface area contributed by atoms with Crippen molar-refractivity contribution in [1.29, 1.82) is 0 Å². The number of hydrogen-bond acceptors (Lipinski definition) is 4. The zero-order valence-corrected chi connectivity index (χ0v) is 57.4. The minimum absolute atomic E-state index is 0. The van der Waals surface area contributed by atoms with Crippen LogP contribution in [0.2, 0.25) is 0 Å². The summed E-state index contributed by atoms with van der Waals surface area (Å²) in [7, 11) is 0. The number of hydrogen-bond donors (Lipinski definition) is 2. The smallest absolute Gasteiger partial charge is 0.170 e. The number of halogens is 4. The number of nitrogens with one attached hydrogen (secondary N) is 2. The van der Waals surface area contributed by atoms with Crippen LogP contribution in [0, 0.1) is 0 Å². The second kappa shape index (κ2) is 63.0. The first-order chi connectivity index (χ1) is 39.6. The molecular formula is C72H126Cl4N8-2. The monoisotopic (exact) mass is 1240 g/mol. The molecule has 4 rings (SSSR count). The summed E-state index contributed by atoms with van der Waals surface area (Å²) in [6.45, 7) is 17.8. The van der Waals surface area contributed by atoms with Crippen LogP contribution in [0.1, 0.15) is 285 Å². The van der Waals surface area contributed by atoms with Gasteiger partial charge in [-0.3, -0.25) is 9.98 Å². The first-order valence-electron chi connectivity index (χ1n) is 34.4. The Morgan fingerprint density at radius 1 is 0.298 bits per heavy atom. The lowest BCUT2D eigenvalue weighted by atomic mass is 10.1. The molecule has 0 aliphatic rings. The van der Waals surface area contributed by atoms with Crippen molar-refractivity contribution in [2.75, 3.05) is 36.8 Å². The maximum atomic E-state index is 4.74. The van der Waals surface area contributed by atoms with Crippen LogP contribution in [0.4, 0.5) is 11.4 Å². The van der Waals surface area contributed by atoms with Crippen molar-refractivity contribution in [1.82, 2.24) is 9.13 Å². The van der Waals surface area contributed by atoms with Crippen molar-refractivity contribution in [2.45, 2.75) is 311 Å². The number of pyridine rings is 4. The maximum absolute atomic E-state index is 4.74. The average molecular weight is 1250 g/mol. The van der Waals surface area contributed by atoms with E-state index in [4.69, 9.17) is 9.98 Å². The topological polar surface area (TPSA) is 66.4 Å². The molecule has 0 saturated carbocycles. The molecule has 0 aliphatic heterocycles. The number of aryl methyl sites for hydroxylation is 4. The normalized spacial score (nSPS) is 10.6. The van der Waals surface area contributed by atoms with Gasteiger partial charge in [-0.05, 0) is 75.6 Å². The highest BCUT2D eigenvalue weighted by Gasteiger charge is 2.04. The van der Waals surface area contributed by atoms with Gasteiger partial charge in [-0.2, -0.15) is 0 Å². The average Bonchev–Trinajstić information content (AvgIpc) is 3.49. The van der Waals surface area contributed by atoms with Gasteiger partial charge in [0.05, 0.1) is 10.7 Å². The molecule has 0 aromatic carbocycles. The predicted molar refractivity (Wildman–Crippen MR) is 347 cm³/mol. The Labute approximate surface area is 542 Å². The molecule has 84 heavy (non-hydrogen) atoms. The highest BCUT2D eigenvalue weighted by molar-refractivity contribution is 5.40. The van der Waals surface area contributed by atoms with Crippen LogP contribution in [0.15, 0.2) is 108 Å². The minimum Gasteiger partial charge on any atom is -1.00 e. The molecule has 0 aliphatic carbocycles. The lowest BCUT2D eigenvalue weighted by molar-refractivity contribution is -0.697. The summed E-state index contributed by atoms with van der Waals surface area (Å²) in [5, 5.41) is 9.42. The van der Waals surface area contributed by atoms with E-state index in [1.54, 1.807) is 0 Å². The number of rotatable bonds is 52. The summed E-state index contributed by atoms with van der Waals surface area (Å²) in [5.74, 6) is 0. The highest BCUT2D eigenvalue weighted by atomic mass is 35.5. The van der Waals surface area contributed by atoms with Gasteiger partial charge in [-0.1, -0.05) is 220 Å². The molecule has 4 aromatic heterocycles. The summed E-state index contributed by atoms with van der Waals surface area (Å²) in [6.07, 6.45) is 71.5. The van der Waals surface area contributed by atoms with Crippen molar-refractivity contribution >= 4 is 11.4 Å². The van der Waals surface area contributed by atoms with E-state index in [-0.39, 0.29) is 49.6 Å². The third-order valence-electron chi connectivity index (χ3n) is 16.0. The van der Waals surface area contributed by atoms with E-state index in [0.717, 1.165) is 63.1 Å². The Balaban J connectivity index is 0. The molecule has 0 fully saturated rings. The van der Waals surface area contributed by atoms with Gasteiger partial charge in [0.2, 0.25) is 0 Å². The number of aromatic nitrogens is 4. The SMILES string of the molecule is CCCCCCCCN=c1ccn(CCCCCCCCCCn2ccc(=NCCCCCCCC)cc2)cc1.CCCCCCCCNc1cc[n+](CCCCCCCCCC[n+]2ccc(NCCCCCCCC)cc2)cc1.[Cl-].[Cl-].[Cl-].[Cl-]. The van der Waals surface area contributed by atoms with Crippen LogP contribution in [-0.4, -0.2) is 35.3 Å². The Morgan fingerprint density at radius 3 is 0.845 bits per heavy atom. The fraction of sp³-hybridized carbons (Fsp3) is 0.722. The van der Waals surface area contributed by atoms with Crippen molar-refractivity contribution < 1.29 is 58.8 Å². The van der Waals surface area contributed by atoms with Gasteiger partial charge in [-0.25, -0.2) is 9.13 Å². The summed E-state index contributed by atoms with van der Waals surface area (Å²) >= 11 is 0. The Hall–Kier alpha value is -3.04. The largest absolute Gasteiger partial charge is 1.00 e. The van der Waals surface area contributed by atoms with Gasteiger partial charge in [0.1, 0.15) is 13.1 Å². The van der Waals surface area contributed by atoms with Crippen LogP contribution in [0.5, 0.6) is 0 Å². The summed E-state index contributed by atoms with van der Waals surface area (Å²) in [5.41, 5.74) is 2.52. The summed E-state index contributed by atoms with van der Waals surface area (Å²) < 4.78 is 9.31. The Bertz CT molecular complexity index is 1900. The number of anilines is 2. The molecule has 0 radical (unpaired) electrons. The van der Waals surface area contributed by atoms with Gasteiger partial charge in [0, 0.05) is 113 Å². The van der Waals surface area contributed by atoms with Gasteiger partial charge in [-0.15, -0.1) is 0 Å². The van der Waals surface area contributed by atoms with Crippen LogP contribution in [-0.2, 0) is 26.2 Å². The van der Waals surface area contributed by atoms with Crippen LogP contribution in [0.3, 0.4) is 0 Å². The van der Waals surface area contributed by atoms with Crippen molar-refractivity contribution in [3.63, 3.8) is 0 Å². The first kappa shape index (κ1) is 83.0. The summed E-state index contributed by atoms with van der Waals surface area (Å²) in [4.78, 5) is 9.48. The van der Waals surface area contributed by atoms with Crippen molar-refractivity contribution in [3.8, 4) is 0 Å². The molecule has 0 unspecified atom stereocenters. The standard InChI is InChI=1S/2C36H62N4.4ClH/c2*1-3-5-7-9-15-19-27-37-35-23-31-39(32-24-35)29-21-17-13-11-12-14-18-22-30-40-33-25-36(26-34-40)38-28-20-16-10-8-6-4-2;;;;/h2*23-26,31-34H,3-22,27-30H2,1-2H3;4*1H/p-2. The number of unbranched alkanes of at least 4 members (excludes halogenated alkanes) is 34. The minimum atomic E-state index is 0. The first-order valence-corrected chi connectivity index (χ1v) is 34.4. The van der Waals surface area contributed by atoms with E-state index in [9.17, 15) is 0 Å². The fourth-order valence-corrected chi connectivity index (χ4v) is 10.6. The van der Waals surface area contributed by atoms with Gasteiger partial charge >= 0.3 is 0 Å². The van der Waals surface area contributed by atoms with E-state index in [0.29, 0.717) is 0 Å². The Kier molecular flexibility index (Phi) is 62.3. The Morgan fingerprint density at radius 2 is 0.548 bits per heavy atom. The summed E-state index contributed by atoms with van der Waals surface area (Å²) in [6, 6.07) is 17.6. The van der Waals surface area contributed by atoms with Gasteiger partial charge in [0.25, 0.3) is 0 Å². The quantitative estimate of drug-likeness (QED) is 0.0361. The van der Waals surface area contributed by atoms with Crippen molar-refractivity contribution in [2.24, 2.45) is 9.98 Å². The second-order valence-corrected chi connectivity index (χ2v) is 23.6. The molecule has 0 spiro atoms. The molecule has 0 amide bonds. The van der Waals surface area contributed by atoms with E-state index in [1.165, 1.54) is 268 Å². The zero-order valence-electron chi connectivity index (χ0n) is 54.4. The second-order valence-electron chi connectivity index (χ2n) is 23.6. The van der Waals surface area contributed by atoms with Gasteiger partial charge < -0.3 is 69.4 Å². The van der Waals surface area contributed by atoms with Crippen LogP contribution < -0.4 is 80.1 Å². The van der Waals surface area contributed by atoms with E-state index >= 15 is 0 Å². The molecule has 2 N–H and O–H groups in total. The lowest BCUT2D eigenvalue weighted by Gasteiger charge is -2.07. The third-order valence-corrected chi connectivity index (χ3v) is 16.0. The fourth-order valence-electron chi connectivity index (χ4n) is 10.6. The zero-order chi connectivity index (χ0) is 56.7. The van der Waals surface area contributed by atoms with Crippen LogP contribution in [0.25, 0.3) is 0 Å². The van der Waals surface area contributed by atoms with E-state index in [1.807, 2.05) is 0 Å². The molecule has 0 atom stereocenters. The van der Waals surface area contributed by atoms with Gasteiger partial charge in [0.15, 0.2) is 24.8 Å². The molecule has 0 saturated heterocycles. The predicted octanol–water partition coefficient (Wildman–Crippen LogP) is 7.28. The molecular weight excluding hydrogens is 1120 g/mol. The number of nitrogens with zero attached hydrogens (tertiary/aromatic N) is 6. The molecule has 4 heterocycles. The third kappa shape index (κ3) is 49.0. The molecule has 12 heteroatoms. The molecule has 484 valence electrons. The highest BCUT2D eigenvalue weighted by Crippen LogP contribution is 2.14. The molecule has 8 nitrogen and oxygen atoms in total. The van der Waals surface area contributed by atoms with E-state index in [2.05, 4.69) is 155 Å². The van der Waals surface area contributed by atoms with Crippen LogP contribution >= 0.6 is 0 Å². The van der Waals surface area contributed by atoms with E-state index < -0.39 is 0 Å². The lowest BCUT2D eigenvalue weighted by Crippen LogP contribution is -3.00. The molecule has 4 aromatic rings.